The molecule has 0 N–H and O–H groups in total. The Kier molecular flexibility index (Phi) is 4.87. The zero-order valence-corrected chi connectivity index (χ0v) is 19.0. The average Bonchev–Trinajstić information content (AvgIpc) is 3.58. The summed E-state index contributed by atoms with van der Waals surface area (Å²) in [5.41, 5.74) is 5.49. The number of rotatable bonds is 6. The third-order valence-corrected chi connectivity index (χ3v) is 6.05. The van der Waals surface area contributed by atoms with Crippen molar-refractivity contribution in [1.82, 2.24) is 43.6 Å². The highest BCUT2D eigenvalue weighted by Gasteiger charge is 2.17. The first-order valence-electron chi connectivity index (χ1n) is 11.3. The van der Waals surface area contributed by atoms with Crippen molar-refractivity contribution in [1.29, 1.82) is 0 Å². The number of imidazole rings is 3. The molecule has 168 valence electrons. The third-order valence-electron chi connectivity index (χ3n) is 6.05. The largest absolute Gasteiger partial charge is 0.327 e. The van der Waals surface area contributed by atoms with Crippen LogP contribution >= 0.6 is 0 Å². The van der Waals surface area contributed by atoms with E-state index in [2.05, 4.69) is 42.5 Å². The Morgan fingerprint density at radius 1 is 0.706 bits per heavy atom. The van der Waals surface area contributed by atoms with E-state index in [4.69, 9.17) is 15.0 Å². The molecular formula is C25H23N9. The van der Waals surface area contributed by atoms with E-state index >= 15 is 0 Å². The van der Waals surface area contributed by atoms with Gasteiger partial charge in [-0.15, -0.1) is 0 Å². The molecule has 9 nitrogen and oxygen atoms in total. The minimum Gasteiger partial charge on any atom is -0.327 e. The Labute approximate surface area is 195 Å². The fourth-order valence-electron chi connectivity index (χ4n) is 4.51. The van der Waals surface area contributed by atoms with E-state index in [0.717, 1.165) is 64.0 Å². The van der Waals surface area contributed by atoms with Gasteiger partial charge in [0.1, 0.15) is 28.2 Å². The predicted molar refractivity (Wildman–Crippen MR) is 130 cm³/mol. The molecule has 0 spiro atoms. The maximum Gasteiger partial charge on any atom is 0.159 e. The van der Waals surface area contributed by atoms with Crippen molar-refractivity contribution < 1.29 is 0 Å². The van der Waals surface area contributed by atoms with Crippen molar-refractivity contribution in [3.05, 3.63) is 73.3 Å². The lowest BCUT2D eigenvalue weighted by Crippen LogP contribution is -2.09. The summed E-state index contributed by atoms with van der Waals surface area (Å²) in [6.45, 7) is 6.44. The molecule has 6 aromatic rings. The predicted octanol–water partition coefficient (Wildman–Crippen LogP) is 4.19. The van der Waals surface area contributed by atoms with Gasteiger partial charge in [0.15, 0.2) is 11.6 Å². The van der Waals surface area contributed by atoms with Gasteiger partial charge in [0, 0.05) is 37.9 Å². The second-order valence-corrected chi connectivity index (χ2v) is 7.97. The molecule has 6 rings (SSSR count). The first kappa shape index (κ1) is 20.2. The van der Waals surface area contributed by atoms with E-state index < -0.39 is 0 Å². The molecule has 0 atom stereocenters. The molecule has 9 heteroatoms. The number of fused-ring (bicyclic) bond motifs is 2. The number of aryl methyl sites for hydroxylation is 2. The minimum absolute atomic E-state index is 0.586. The van der Waals surface area contributed by atoms with E-state index in [1.807, 2.05) is 36.5 Å². The maximum absolute atomic E-state index is 4.95. The van der Waals surface area contributed by atoms with Crippen LogP contribution in [-0.4, -0.2) is 43.6 Å². The van der Waals surface area contributed by atoms with Crippen LogP contribution in [0.4, 0.5) is 0 Å². The number of hydrogen-bond acceptors (Lipinski definition) is 6. The number of aromatic nitrogens is 9. The van der Waals surface area contributed by atoms with Crippen molar-refractivity contribution in [3.63, 3.8) is 0 Å². The Bertz CT molecular complexity index is 1620. The SMILES string of the molecule is CCn1c(Cn2ccnc2-c2cccc(-c3nc4cnccc4n3CC)n2)nc2cnccc21. The fourth-order valence-corrected chi connectivity index (χ4v) is 4.51. The molecular weight excluding hydrogens is 426 g/mol. The minimum atomic E-state index is 0.586. The average molecular weight is 450 g/mol. The van der Waals surface area contributed by atoms with Crippen LogP contribution in [0, 0.1) is 0 Å². The van der Waals surface area contributed by atoms with E-state index in [9.17, 15) is 0 Å². The van der Waals surface area contributed by atoms with Crippen LogP contribution in [0.2, 0.25) is 0 Å². The monoisotopic (exact) mass is 449 g/mol. The van der Waals surface area contributed by atoms with E-state index in [1.54, 1.807) is 31.0 Å². The lowest BCUT2D eigenvalue weighted by molar-refractivity contribution is 0.666. The second-order valence-electron chi connectivity index (χ2n) is 7.97. The first-order chi connectivity index (χ1) is 16.8. The fraction of sp³-hybridized carbons (Fsp3) is 0.200. The highest BCUT2D eigenvalue weighted by molar-refractivity contribution is 5.79. The van der Waals surface area contributed by atoms with Gasteiger partial charge in [-0.3, -0.25) is 9.97 Å². The van der Waals surface area contributed by atoms with Crippen LogP contribution < -0.4 is 0 Å². The zero-order valence-electron chi connectivity index (χ0n) is 19.0. The summed E-state index contributed by atoms with van der Waals surface area (Å²) in [5, 5.41) is 0. The summed E-state index contributed by atoms with van der Waals surface area (Å²) >= 11 is 0. The topological polar surface area (TPSA) is 92.1 Å². The molecule has 0 aliphatic heterocycles. The van der Waals surface area contributed by atoms with Crippen molar-refractivity contribution in [3.8, 4) is 23.0 Å². The molecule has 0 aromatic carbocycles. The summed E-state index contributed by atoms with van der Waals surface area (Å²) < 4.78 is 6.45. The Balaban J connectivity index is 1.40. The quantitative estimate of drug-likeness (QED) is 0.379. The first-order valence-corrected chi connectivity index (χ1v) is 11.3. The molecule has 0 aliphatic carbocycles. The van der Waals surface area contributed by atoms with Crippen molar-refractivity contribution in [2.75, 3.05) is 0 Å². The maximum atomic E-state index is 4.95. The second kappa shape index (κ2) is 8.18. The van der Waals surface area contributed by atoms with Gasteiger partial charge in [-0.05, 0) is 38.1 Å². The molecule has 0 saturated heterocycles. The molecule has 0 saturated carbocycles. The Hall–Kier alpha value is -4.40. The van der Waals surface area contributed by atoms with E-state index in [1.165, 1.54) is 0 Å². The van der Waals surface area contributed by atoms with E-state index in [-0.39, 0.29) is 0 Å². The highest BCUT2D eigenvalue weighted by atomic mass is 15.2. The lowest BCUT2D eigenvalue weighted by Gasteiger charge is -2.11. The molecule has 6 aromatic heterocycles. The molecule has 0 unspecified atom stereocenters. The van der Waals surface area contributed by atoms with Gasteiger partial charge in [0.05, 0.1) is 30.0 Å². The summed E-state index contributed by atoms with van der Waals surface area (Å²) in [6.07, 6.45) is 11.0. The van der Waals surface area contributed by atoms with Gasteiger partial charge >= 0.3 is 0 Å². The van der Waals surface area contributed by atoms with Gasteiger partial charge < -0.3 is 13.7 Å². The van der Waals surface area contributed by atoms with Crippen LogP contribution in [0.3, 0.4) is 0 Å². The zero-order chi connectivity index (χ0) is 23.1. The normalized spacial score (nSPS) is 11.6. The smallest absolute Gasteiger partial charge is 0.159 e. The number of hydrogen-bond donors (Lipinski definition) is 0. The van der Waals surface area contributed by atoms with Gasteiger partial charge in [-0.1, -0.05) is 6.07 Å². The number of nitrogens with zero attached hydrogens (tertiary/aromatic N) is 9. The van der Waals surface area contributed by atoms with Crippen molar-refractivity contribution in [2.45, 2.75) is 33.5 Å². The molecule has 0 bridgehead atoms. The van der Waals surface area contributed by atoms with E-state index in [0.29, 0.717) is 6.54 Å². The Morgan fingerprint density at radius 3 is 2.12 bits per heavy atom. The standard InChI is InChI=1S/C25H23N9/c1-3-33-21-8-10-26-14-19(21)30-23(33)16-32-13-12-28-24(32)17-6-5-7-18(29-17)25-31-20-15-27-11-9-22(20)34(25)4-2/h5-15H,3-4,16H2,1-2H3. The molecule has 0 radical (unpaired) electrons. The Morgan fingerprint density at radius 2 is 1.38 bits per heavy atom. The molecule has 6 heterocycles. The van der Waals surface area contributed by atoms with Gasteiger partial charge in [-0.25, -0.2) is 19.9 Å². The molecule has 0 fully saturated rings. The van der Waals surface area contributed by atoms with Crippen LogP contribution in [0.25, 0.3) is 45.1 Å². The van der Waals surface area contributed by atoms with Crippen LogP contribution in [0.15, 0.2) is 67.5 Å². The highest BCUT2D eigenvalue weighted by Crippen LogP contribution is 2.26. The number of pyridine rings is 3. The van der Waals surface area contributed by atoms with Crippen LogP contribution in [0.5, 0.6) is 0 Å². The molecule has 0 aliphatic rings. The third kappa shape index (κ3) is 3.24. The van der Waals surface area contributed by atoms with Crippen molar-refractivity contribution in [2.24, 2.45) is 0 Å². The van der Waals surface area contributed by atoms with Crippen molar-refractivity contribution >= 4 is 22.1 Å². The van der Waals surface area contributed by atoms with Gasteiger partial charge in [0.2, 0.25) is 0 Å². The van der Waals surface area contributed by atoms with Crippen LogP contribution in [-0.2, 0) is 19.6 Å². The van der Waals surface area contributed by atoms with Crippen LogP contribution in [0.1, 0.15) is 19.7 Å². The lowest BCUT2D eigenvalue weighted by atomic mass is 10.2. The van der Waals surface area contributed by atoms with Gasteiger partial charge in [-0.2, -0.15) is 0 Å². The van der Waals surface area contributed by atoms with Gasteiger partial charge in [0.25, 0.3) is 0 Å². The summed E-state index contributed by atoms with van der Waals surface area (Å²) in [6, 6.07) is 9.96. The summed E-state index contributed by atoms with van der Waals surface area (Å²) in [7, 11) is 0. The summed E-state index contributed by atoms with van der Waals surface area (Å²) in [4.78, 5) is 27.6. The molecule has 34 heavy (non-hydrogen) atoms. The summed E-state index contributed by atoms with van der Waals surface area (Å²) in [5.74, 6) is 2.57. The molecule has 0 amide bonds.